The summed E-state index contributed by atoms with van der Waals surface area (Å²) in [7, 11) is 1.94. The van der Waals surface area contributed by atoms with Crippen LogP contribution in [-0.2, 0) is 7.05 Å². The first-order valence-corrected chi connectivity index (χ1v) is 5.51. The maximum absolute atomic E-state index is 4.14. The molecule has 0 saturated heterocycles. The lowest BCUT2D eigenvalue weighted by Gasteiger charge is -2.16. The van der Waals surface area contributed by atoms with Crippen molar-refractivity contribution in [1.29, 1.82) is 0 Å². The van der Waals surface area contributed by atoms with Crippen LogP contribution in [0.2, 0.25) is 0 Å². The molecular formula is C11H21N3. The first-order valence-electron chi connectivity index (χ1n) is 5.51. The Bertz CT molecular complexity index is 255. The number of hydrogen-bond donors (Lipinski definition) is 1. The van der Waals surface area contributed by atoms with Gasteiger partial charge in [0.05, 0.1) is 11.9 Å². The van der Waals surface area contributed by atoms with Crippen LogP contribution in [0.1, 0.15) is 39.5 Å². The Morgan fingerprint density at radius 2 is 2.29 bits per heavy atom. The van der Waals surface area contributed by atoms with Gasteiger partial charge in [-0.1, -0.05) is 26.7 Å². The lowest BCUT2D eigenvalue weighted by molar-refractivity contribution is 0.593. The third kappa shape index (κ3) is 3.40. The number of aromatic nitrogens is 2. The molecule has 0 unspecified atom stereocenters. The van der Waals surface area contributed by atoms with Gasteiger partial charge in [0, 0.05) is 19.3 Å². The molecule has 80 valence electrons. The van der Waals surface area contributed by atoms with Crippen LogP contribution < -0.4 is 5.32 Å². The van der Waals surface area contributed by atoms with Crippen LogP contribution in [0.25, 0.3) is 0 Å². The average molecular weight is 195 g/mol. The highest BCUT2D eigenvalue weighted by molar-refractivity contribution is 5.39. The quantitative estimate of drug-likeness (QED) is 0.756. The molecule has 0 aliphatic rings. The van der Waals surface area contributed by atoms with E-state index in [0.717, 1.165) is 5.69 Å². The molecule has 0 radical (unpaired) electrons. The number of rotatable bonds is 6. The van der Waals surface area contributed by atoms with Crippen LogP contribution in [0.4, 0.5) is 5.69 Å². The molecule has 0 aromatic carbocycles. The predicted molar refractivity (Wildman–Crippen MR) is 60.4 cm³/mol. The first kappa shape index (κ1) is 11.1. The minimum Gasteiger partial charge on any atom is -0.380 e. The van der Waals surface area contributed by atoms with Gasteiger partial charge >= 0.3 is 0 Å². The van der Waals surface area contributed by atoms with Crippen LogP contribution >= 0.6 is 0 Å². The lowest BCUT2D eigenvalue weighted by Crippen LogP contribution is -2.17. The number of hydrogen-bond acceptors (Lipinski definition) is 2. The summed E-state index contributed by atoms with van der Waals surface area (Å²) < 4.78 is 1.83. The van der Waals surface area contributed by atoms with Crippen LogP contribution in [0.3, 0.4) is 0 Å². The fourth-order valence-electron chi connectivity index (χ4n) is 1.56. The smallest absolute Gasteiger partial charge is 0.0728 e. The van der Waals surface area contributed by atoms with E-state index in [1.54, 1.807) is 0 Å². The van der Waals surface area contributed by atoms with E-state index in [9.17, 15) is 0 Å². The number of nitrogens with zero attached hydrogens (tertiary/aromatic N) is 2. The Morgan fingerprint density at radius 1 is 1.50 bits per heavy atom. The zero-order chi connectivity index (χ0) is 10.4. The highest BCUT2D eigenvalue weighted by Gasteiger charge is 2.05. The third-order valence-electron chi connectivity index (χ3n) is 2.47. The van der Waals surface area contributed by atoms with E-state index >= 15 is 0 Å². The molecular weight excluding hydrogens is 174 g/mol. The number of anilines is 1. The Labute approximate surface area is 86.5 Å². The molecule has 3 nitrogen and oxygen atoms in total. The highest BCUT2D eigenvalue weighted by Crippen LogP contribution is 2.12. The summed E-state index contributed by atoms with van der Waals surface area (Å²) >= 11 is 0. The normalized spacial score (nSPS) is 12.8. The molecule has 1 N–H and O–H groups in total. The highest BCUT2D eigenvalue weighted by atomic mass is 15.3. The van der Waals surface area contributed by atoms with Crippen molar-refractivity contribution < 1.29 is 0 Å². The van der Waals surface area contributed by atoms with Crippen molar-refractivity contribution in [3.8, 4) is 0 Å². The predicted octanol–water partition coefficient (Wildman–Crippen LogP) is 2.80. The van der Waals surface area contributed by atoms with Crippen LogP contribution in [0.15, 0.2) is 12.4 Å². The number of unbranched alkanes of at least 4 members (excludes halogenated alkanes) is 1. The topological polar surface area (TPSA) is 29.9 Å². The number of nitrogens with one attached hydrogen (secondary N) is 1. The molecule has 1 atom stereocenters. The minimum atomic E-state index is 0.596. The van der Waals surface area contributed by atoms with E-state index in [-0.39, 0.29) is 0 Å². The molecule has 14 heavy (non-hydrogen) atoms. The van der Waals surface area contributed by atoms with Crippen molar-refractivity contribution in [3.05, 3.63) is 12.4 Å². The van der Waals surface area contributed by atoms with Crippen molar-refractivity contribution in [2.45, 2.75) is 45.6 Å². The van der Waals surface area contributed by atoms with E-state index in [4.69, 9.17) is 0 Å². The van der Waals surface area contributed by atoms with Gasteiger partial charge in [0.1, 0.15) is 0 Å². The minimum absolute atomic E-state index is 0.596. The van der Waals surface area contributed by atoms with Crippen LogP contribution in [0.5, 0.6) is 0 Å². The molecule has 0 amide bonds. The second-order valence-electron chi connectivity index (χ2n) is 3.79. The maximum atomic E-state index is 4.14. The fraction of sp³-hybridized carbons (Fsp3) is 0.727. The summed E-state index contributed by atoms with van der Waals surface area (Å²) in [6.45, 7) is 4.46. The fourth-order valence-corrected chi connectivity index (χ4v) is 1.56. The summed E-state index contributed by atoms with van der Waals surface area (Å²) in [5.41, 5.74) is 1.13. The van der Waals surface area contributed by atoms with Gasteiger partial charge in [-0.2, -0.15) is 5.10 Å². The largest absolute Gasteiger partial charge is 0.380 e. The molecule has 0 spiro atoms. The van der Waals surface area contributed by atoms with E-state index in [0.29, 0.717) is 6.04 Å². The Kier molecular flexibility index (Phi) is 4.50. The maximum Gasteiger partial charge on any atom is 0.0728 e. The van der Waals surface area contributed by atoms with Crippen LogP contribution in [-0.4, -0.2) is 15.8 Å². The Morgan fingerprint density at radius 3 is 2.79 bits per heavy atom. The van der Waals surface area contributed by atoms with Crippen molar-refractivity contribution in [2.24, 2.45) is 7.05 Å². The zero-order valence-electron chi connectivity index (χ0n) is 9.45. The molecule has 3 heteroatoms. The van der Waals surface area contributed by atoms with Crippen molar-refractivity contribution >= 4 is 5.69 Å². The standard InChI is InChI=1S/C11H21N3/c1-4-6-7-10(5-2)13-11-8-12-14(3)9-11/h8-10,13H,4-7H2,1-3H3/t10-/m1/s1. The van der Waals surface area contributed by atoms with Gasteiger partial charge in [-0.3, -0.25) is 4.68 Å². The van der Waals surface area contributed by atoms with Gasteiger partial charge in [-0.25, -0.2) is 0 Å². The van der Waals surface area contributed by atoms with Gasteiger partial charge in [0.25, 0.3) is 0 Å². The molecule has 0 aliphatic heterocycles. The molecule has 1 rings (SSSR count). The summed E-state index contributed by atoms with van der Waals surface area (Å²) in [5, 5.41) is 7.64. The molecule has 0 fully saturated rings. The van der Waals surface area contributed by atoms with Gasteiger partial charge in [0.15, 0.2) is 0 Å². The summed E-state index contributed by atoms with van der Waals surface area (Å²) in [6.07, 6.45) is 8.90. The van der Waals surface area contributed by atoms with Crippen molar-refractivity contribution in [2.75, 3.05) is 5.32 Å². The van der Waals surface area contributed by atoms with Crippen LogP contribution in [0, 0.1) is 0 Å². The Balaban J connectivity index is 2.40. The van der Waals surface area contributed by atoms with Crippen molar-refractivity contribution in [3.63, 3.8) is 0 Å². The van der Waals surface area contributed by atoms with Gasteiger partial charge in [-0.15, -0.1) is 0 Å². The monoisotopic (exact) mass is 195 g/mol. The second-order valence-corrected chi connectivity index (χ2v) is 3.79. The molecule has 0 bridgehead atoms. The molecule has 1 aromatic rings. The molecule has 0 aliphatic carbocycles. The molecule has 0 saturated carbocycles. The number of aryl methyl sites for hydroxylation is 1. The van der Waals surface area contributed by atoms with Gasteiger partial charge in [0.2, 0.25) is 0 Å². The van der Waals surface area contributed by atoms with E-state index in [2.05, 4.69) is 24.3 Å². The third-order valence-corrected chi connectivity index (χ3v) is 2.47. The molecule has 1 aromatic heterocycles. The van der Waals surface area contributed by atoms with E-state index in [1.165, 1.54) is 25.7 Å². The molecule has 1 heterocycles. The zero-order valence-corrected chi connectivity index (χ0v) is 9.45. The van der Waals surface area contributed by atoms with Gasteiger partial charge in [-0.05, 0) is 12.8 Å². The van der Waals surface area contributed by atoms with E-state index < -0.39 is 0 Å². The van der Waals surface area contributed by atoms with E-state index in [1.807, 2.05) is 24.1 Å². The second kappa shape index (κ2) is 5.68. The first-order chi connectivity index (χ1) is 6.76. The SMILES string of the molecule is CCCC[C@@H](CC)Nc1cnn(C)c1. The average Bonchev–Trinajstić information content (AvgIpc) is 2.58. The van der Waals surface area contributed by atoms with Crippen molar-refractivity contribution in [1.82, 2.24) is 9.78 Å². The summed E-state index contributed by atoms with van der Waals surface area (Å²) in [4.78, 5) is 0. The Hall–Kier alpha value is -0.990. The summed E-state index contributed by atoms with van der Waals surface area (Å²) in [6, 6.07) is 0.596. The lowest BCUT2D eigenvalue weighted by atomic mass is 10.1. The summed E-state index contributed by atoms with van der Waals surface area (Å²) in [5.74, 6) is 0. The van der Waals surface area contributed by atoms with Gasteiger partial charge < -0.3 is 5.32 Å².